The fraction of sp³-hybridized carbons (Fsp3) is 0.556. The predicted molar refractivity (Wildman–Crippen MR) is 95.8 cm³/mol. The van der Waals surface area contributed by atoms with Gasteiger partial charge in [0.15, 0.2) is 0 Å². The van der Waals surface area contributed by atoms with Crippen molar-refractivity contribution < 1.29 is 9.59 Å². The van der Waals surface area contributed by atoms with Crippen molar-refractivity contribution in [2.75, 3.05) is 37.6 Å². The molecule has 0 aliphatic carbocycles. The van der Waals surface area contributed by atoms with E-state index in [1.807, 2.05) is 26.0 Å². The number of nitrogens with zero attached hydrogens (tertiary/aromatic N) is 2. The van der Waals surface area contributed by atoms with E-state index >= 15 is 0 Å². The fourth-order valence-electron chi connectivity index (χ4n) is 2.81. The molecule has 1 aromatic rings. The van der Waals surface area contributed by atoms with E-state index in [0.717, 1.165) is 13.1 Å². The van der Waals surface area contributed by atoms with Gasteiger partial charge in [-0.3, -0.25) is 9.59 Å². The van der Waals surface area contributed by atoms with E-state index in [1.54, 1.807) is 4.90 Å². The first-order valence-corrected chi connectivity index (χ1v) is 8.51. The topological polar surface area (TPSA) is 78.7 Å². The second kappa shape index (κ2) is 8.15. The molecule has 3 N–H and O–H groups in total. The summed E-state index contributed by atoms with van der Waals surface area (Å²) in [6, 6.07) is 7.70. The molecular weight excluding hydrogens is 304 g/mol. The number of anilines is 1. The SMILES string of the molecule is Cc1ccccc1N1CCN(C(=O)CNC(=O)[C@@H](N)C(C)C)CC1. The number of carbonyl (C=O) groups excluding carboxylic acids is 2. The van der Waals surface area contributed by atoms with Crippen LogP contribution in [-0.2, 0) is 9.59 Å². The largest absolute Gasteiger partial charge is 0.368 e. The van der Waals surface area contributed by atoms with Crippen molar-refractivity contribution in [2.24, 2.45) is 11.7 Å². The average molecular weight is 332 g/mol. The molecule has 6 heteroatoms. The normalized spacial score (nSPS) is 16.2. The number of hydrogen-bond acceptors (Lipinski definition) is 4. The summed E-state index contributed by atoms with van der Waals surface area (Å²) in [4.78, 5) is 28.2. The van der Waals surface area contributed by atoms with Gasteiger partial charge < -0.3 is 20.9 Å². The summed E-state index contributed by atoms with van der Waals surface area (Å²) < 4.78 is 0. The van der Waals surface area contributed by atoms with E-state index in [4.69, 9.17) is 5.73 Å². The third-order valence-corrected chi connectivity index (χ3v) is 4.52. The maximum Gasteiger partial charge on any atom is 0.242 e. The van der Waals surface area contributed by atoms with Gasteiger partial charge in [-0.15, -0.1) is 0 Å². The number of aryl methyl sites for hydroxylation is 1. The Hall–Kier alpha value is -2.08. The molecule has 0 saturated carbocycles. The minimum absolute atomic E-state index is 0.0175. The molecule has 132 valence electrons. The summed E-state index contributed by atoms with van der Waals surface area (Å²) in [6.07, 6.45) is 0. The number of nitrogens with one attached hydrogen (secondary N) is 1. The van der Waals surface area contributed by atoms with Crippen molar-refractivity contribution in [3.8, 4) is 0 Å². The first-order valence-electron chi connectivity index (χ1n) is 8.51. The zero-order valence-corrected chi connectivity index (χ0v) is 14.8. The minimum Gasteiger partial charge on any atom is -0.368 e. The molecule has 1 saturated heterocycles. The molecule has 0 unspecified atom stereocenters. The van der Waals surface area contributed by atoms with Crippen LogP contribution in [0.5, 0.6) is 0 Å². The van der Waals surface area contributed by atoms with Crippen LogP contribution in [0, 0.1) is 12.8 Å². The van der Waals surface area contributed by atoms with Crippen LogP contribution in [0.2, 0.25) is 0 Å². The number of piperazine rings is 1. The Morgan fingerprint density at radius 2 is 1.79 bits per heavy atom. The Kier molecular flexibility index (Phi) is 6.20. The lowest BCUT2D eigenvalue weighted by molar-refractivity contribution is -0.133. The molecule has 24 heavy (non-hydrogen) atoms. The number of rotatable bonds is 5. The minimum atomic E-state index is -0.573. The average Bonchev–Trinajstić information content (AvgIpc) is 2.59. The van der Waals surface area contributed by atoms with E-state index in [0.29, 0.717) is 13.1 Å². The maximum absolute atomic E-state index is 12.3. The molecule has 0 bridgehead atoms. The van der Waals surface area contributed by atoms with Gasteiger partial charge in [-0.1, -0.05) is 32.0 Å². The van der Waals surface area contributed by atoms with Crippen molar-refractivity contribution in [3.63, 3.8) is 0 Å². The lowest BCUT2D eigenvalue weighted by atomic mass is 10.1. The molecule has 0 aromatic heterocycles. The molecule has 0 radical (unpaired) electrons. The van der Waals surface area contributed by atoms with Gasteiger partial charge in [0.25, 0.3) is 0 Å². The van der Waals surface area contributed by atoms with Gasteiger partial charge >= 0.3 is 0 Å². The highest BCUT2D eigenvalue weighted by molar-refractivity contribution is 5.87. The number of amides is 2. The lowest BCUT2D eigenvalue weighted by Gasteiger charge is -2.37. The Balaban J connectivity index is 1.81. The molecule has 1 aliphatic heterocycles. The highest BCUT2D eigenvalue weighted by atomic mass is 16.2. The molecule has 1 heterocycles. The maximum atomic E-state index is 12.3. The number of hydrogen-bond donors (Lipinski definition) is 2. The van der Waals surface area contributed by atoms with Crippen LogP contribution in [0.4, 0.5) is 5.69 Å². The quantitative estimate of drug-likeness (QED) is 0.834. The van der Waals surface area contributed by atoms with Gasteiger partial charge in [0, 0.05) is 31.9 Å². The Labute approximate surface area is 144 Å². The third kappa shape index (κ3) is 4.47. The van der Waals surface area contributed by atoms with Gasteiger partial charge in [0.2, 0.25) is 11.8 Å². The van der Waals surface area contributed by atoms with Gasteiger partial charge in [-0.25, -0.2) is 0 Å². The van der Waals surface area contributed by atoms with E-state index in [1.165, 1.54) is 11.3 Å². The van der Waals surface area contributed by atoms with Crippen molar-refractivity contribution >= 4 is 17.5 Å². The van der Waals surface area contributed by atoms with Crippen molar-refractivity contribution in [1.82, 2.24) is 10.2 Å². The molecular formula is C18H28N4O2. The Morgan fingerprint density at radius 3 is 2.38 bits per heavy atom. The summed E-state index contributed by atoms with van der Waals surface area (Å²) in [6.45, 7) is 8.82. The van der Waals surface area contributed by atoms with Crippen LogP contribution >= 0.6 is 0 Å². The van der Waals surface area contributed by atoms with Crippen molar-refractivity contribution in [3.05, 3.63) is 29.8 Å². The summed E-state index contributed by atoms with van der Waals surface area (Å²) in [5, 5.41) is 2.64. The second-order valence-electron chi connectivity index (χ2n) is 6.64. The number of para-hydroxylation sites is 1. The molecule has 6 nitrogen and oxygen atoms in total. The molecule has 2 amide bonds. The first kappa shape index (κ1) is 18.3. The summed E-state index contributed by atoms with van der Waals surface area (Å²) in [7, 11) is 0. The van der Waals surface area contributed by atoms with Crippen LogP contribution in [-0.4, -0.2) is 55.5 Å². The summed E-state index contributed by atoms with van der Waals surface area (Å²) >= 11 is 0. The van der Waals surface area contributed by atoms with Crippen LogP contribution in [0.15, 0.2) is 24.3 Å². The highest BCUT2D eigenvalue weighted by Crippen LogP contribution is 2.20. The Morgan fingerprint density at radius 1 is 1.17 bits per heavy atom. The summed E-state index contributed by atoms with van der Waals surface area (Å²) in [5.74, 6) is -0.265. The van der Waals surface area contributed by atoms with E-state index in [-0.39, 0.29) is 24.3 Å². The van der Waals surface area contributed by atoms with E-state index in [9.17, 15) is 9.59 Å². The molecule has 1 fully saturated rings. The highest BCUT2D eigenvalue weighted by Gasteiger charge is 2.23. The van der Waals surface area contributed by atoms with Crippen LogP contribution in [0.3, 0.4) is 0 Å². The fourth-order valence-corrected chi connectivity index (χ4v) is 2.81. The molecule has 1 atom stereocenters. The van der Waals surface area contributed by atoms with Crippen molar-refractivity contribution in [2.45, 2.75) is 26.8 Å². The van der Waals surface area contributed by atoms with Gasteiger partial charge in [-0.2, -0.15) is 0 Å². The van der Waals surface area contributed by atoms with Crippen LogP contribution in [0.25, 0.3) is 0 Å². The van der Waals surface area contributed by atoms with Gasteiger partial charge in [0.05, 0.1) is 12.6 Å². The second-order valence-corrected chi connectivity index (χ2v) is 6.64. The molecule has 0 spiro atoms. The van der Waals surface area contributed by atoms with Gasteiger partial charge in [-0.05, 0) is 24.5 Å². The zero-order chi connectivity index (χ0) is 17.7. The number of carbonyl (C=O) groups is 2. The molecule has 1 aromatic carbocycles. The standard InChI is InChI=1S/C18H28N4O2/c1-13(2)17(19)18(24)20-12-16(23)22-10-8-21(9-11-22)15-7-5-4-6-14(15)3/h4-7,13,17H,8-12,19H2,1-3H3,(H,20,24)/t17-/m0/s1. The van der Waals surface area contributed by atoms with E-state index in [2.05, 4.69) is 29.3 Å². The zero-order valence-electron chi connectivity index (χ0n) is 14.8. The van der Waals surface area contributed by atoms with Crippen molar-refractivity contribution in [1.29, 1.82) is 0 Å². The molecule has 1 aliphatic rings. The summed E-state index contributed by atoms with van der Waals surface area (Å²) in [5.41, 5.74) is 8.24. The predicted octanol–water partition coefficient (Wildman–Crippen LogP) is 0.743. The van der Waals surface area contributed by atoms with Crippen LogP contribution in [0.1, 0.15) is 19.4 Å². The van der Waals surface area contributed by atoms with Crippen LogP contribution < -0.4 is 16.0 Å². The Bertz CT molecular complexity index is 580. The monoisotopic (exact) mass is 332 g/mol. The lowest BCUT2D eigenvalue weighted by Crippen LogP contribution is -2.53. The van der Waals surface area contributed by atoms with E-state index < -0.39 is 6.04 Å². The molecule has 2 rings (SSSR count). The number of benzene rings is 1. The van der Waals surface area contributed by atoms with Gasteiger partial charge in [0.1, 0.15) is 0 Å². The first-order chi connectivity index (χ1) is 11.4. The number of nitrogens with two attached hydrogens (primary N) is 1. The smallest absolute Gasteiger partial charge is 0.242 e. The third-order valence-electron chi connectivity index (χ3n) is 4.52.